The molecular formula is C23H22N6O2S. The van der Waals surface area contributed by atoms with Gasteiger partial charge in [-0.3, -0.25) is 19.6 Å². The molecule has 0 fully saturated rings. The number of nitrogens with zero attached hydrogens (tertiary/aromatic N) is 3. The molecule has 0 spiro atoms. The number of rotatable bonds is 5. The standard InChI is InChI=1S/C23H22N6O2S/c1-23(10-12-32-22(24)29-23)15-5-4-6-16(13-15)27-21(31)19-9-8-17(14-26-19)28-20(30)18-7-2-3-11-25-18/h2-9,11,13-14H,10,12H2,1H3,(H2,24,29)(H,27,31)(H,28,30). The number of nitrogens with two attached hydrogens (primary N) is 1. The predicted molar refractivity (Wildman–Crippen MR) is 127 cm³/mol. The maximum Gasteiger partial charge on any atom is 0.274 e. The summed E-state index contributed by atoms with van der Waals surface area (Å²) in [6, 6.07) is 15.9. The van der Waals surface area contributed by atoms with Gasteiger partial charge in [0.2, 0.25) is 0 Å². The molecule has 162 valence electrons. The molecular weight excluding hydrogens is 424 g/mol. The third-order valence-electron chi connectivity index (χ3n) is 5.09. The average molecular weight is 447 g/mol. The van der Waals surface area contributed by atoms with Gasteiger partial charge in [0.15, 0.2) is 5.17 Å². The lowest BCUT2D eigenvalue weighted by molar-refractivity contribution is 0.101. The predicted octanol–water partition coefficient (Wildman–Crippen LogP) is 3.65. The maximum atomic E-state index is 12.7. The van der Waals surface area contributed by atoms with Crippen LogP contribution >= 0.6 is 11.8 Å². The van der Waals surface area contributed by atoms with Crippen molar-refractivity contribution in [3.05, 3.63) is 83.9 Å². The molecule has 3 heterocycles. The summed E-state index contributed by atoms with van der Waals surface area (Å²) in [5, 5.41) is 6.15. The number of amides is 2. The van der Waals surface area contributed by atoms with Crippen LogP contribution in [0.25, 0.3) is 0 Å². The molecule has 8 nitrogen and oxygen atoms in total. The van der Waals surface area contributed by atoms with E-state index < -0.39 is 5.54 Å². The Morgan fingerprint density at radius 3 is 2.44 bits per heavy atom. The molecule has 0 radical (unpaired) electrons. The number of carbonyl (C=O) groups excluding carboxylic acids is 2. The van der Waals surface area contributed by atoms with E-state index in [1.807, 2.05) is 31.2 Å². The number of nitrogens with one attached hydrogen (secondary N) is 2. The minimum Gasteiger partial charge on any atom is -0.379 e. The molecule has 1 aliphatic rings. The van der Waals surface area contributed by atoms with E-state index >= 15 is 0 Å². The largest absolute Gasteiger partial charge is 0.379 e. The van der Waals surface area contributed by atoms with Gasteiger partial charge in [0.1, 0.15) is 11.4 Å². The van der Waals surface area contributed by atoms with Gasteiger partial charge in [-0.05, 0) is 55.3 Å². The van der Waals surface area contributed by atoms with Gasteiger partial charge in [-0.25, -0.2) is 4.98 Å². The summed E-state index contributed by atoms with van der Waals surface area (Å²) in [5.41, 5.74) is 8.14. The van der Waals surface area contributed by atoms with Gasteiger partial charge in [-0.2, -0.15) is 0 Å². The van der Waals surface area contributed by atoms with E-state index in [9.17, 15) is 9.59 Å². The highest BCUT2D eigenvalue weighted by Gasteiger charge is 2.29. The number of pyridine rings is 2. The monoisotopic (exact) mass is 446 g/mol. The van der Waals surface area contributed by atoms with Gasteiger partial charge in [0.05, 0.1) is 17.4 Å². The Bertz CT molecular complexity index is 1170. The molecule has 4 N–H and O–H groups in total. The fourth-order valence-corrected chi connectivity index (χ4v) is 4.29. The van der Waals surface area contributed by atoms with Crippen molar-refractivity contribution >= 4 is 40.1 Å². The molecule has 1 unspecified atom stereocenters. The smallest absolute Gasteiger partial charge is 0.274 e. The van der Waals surface area contributed by atoms with Crippen molar-refractivity contribution in [1.29, 1.82) is 0 Å². The van der Waals surface area contributed by atoms with Crippen LogP contribution in [-0.4, -0.2) is 32.7 Å². The first kappa shape index (κ1) is 21.5. The number of carbonyl (C=O) groups is 2. The Balaban J connectivity index is 1.43. The fourth-order valence-electron chi connectivity index (χ4n) is 3.32. The summed E-state index contributed by atoms with van der Waals surface area (Å²) in [6.07, 6.45) is 3.85. The molecule has 0 saturated carbocycles. The summed E-state index contributed by atoms with van der Waals surface area (Å²) in [7, 11) is 0. The Labute approximate surface area is 189 Å². The molecule has 32 heavy (non-hydrogen) atoms. The normalized spacial score (nSPS) is 17.8. The number of aliphatic imine (C=N–C) groups is 1. The molecule has 2 amide bonds. The zero-order chi connectivity index (χ0) is 22.6. The molecule has 2 aromatic heterocycles. The van der Waals surface area contributed by atoms with Crippen LogP contribution in [0.4, 0.5) is 11.4 Å². The van der Waals surface area contributed by atoms with Crippen molar-refractivity contribution in [2.24, 2.45) is 10.7 Å². The van der Waals surface area contributed by atoms with Crippen LogP contribution in [0.3, 0.4) is 0 Å². The van der Waals surface area contributed by atoms with Gasteiger partial charge in [0.25, 0.3) is 11.8 Å². The highest BCUT2D eigenvalue weighted by molar-refractivity contribution is 8.13. The van der Waals surface area contributed by atoms with Crippen LogP contribution in [0, 0.1) is 0 Å². The Kier molecular flexibility index (Phi) is 6.18. The van der Waals surface area contributed by atoms with Crippen molar-refractivity contribution in [3.8, 4) is 0 Å². The van der Waals surface area contributed by atoms with Crippen molar-refractivity contribution in [1.82, 2.24) is 9.97 Å². The van der Waals surface area contributed by atoms with E-state index in [2.05, 4.69) is 25.6 Å². The summed E-state index contributed by atoms with van der Waals surface area (Å²) in [5.74, 6) is 0.201. The first-order valence-electron chi connectivity index (χ1n) is 10.0. The van der Waals surface area contributed by atoms with Crippen LogP contribution in [0.15, 0.2) is 72.0 Å². The van der Waals surface area contributed by atoms with E-state index in [0.717, 1.165) is 17.7 Å². The highest BCUT2D eigenvalue weighted by atomic mass is 32.2. The Morgan fingerprint density at radius 2 is 1.75 bits per heavy atom. The summed E-state index contributed by atoms with van der Waals surface area (Å²) in [4.78, 5) is 37.6. The number of aromatic nitrogens is 2. The van der Waals surface area contributed by atoms with Crippen LogP contribution in [-0.2, 0) is 5.54 Å². The second kappa shape index (κ2) is 9.19. The fraction of sp³-hybridized carbons (Fsp3) is 0.174. The van der Waals surface area contributed by atoms with Gasteiger partial charge in [-0.1, -0.05) is 30.0 Å². The topological polar surface area (TPSA) is 122 Å². The van der Waals surface area contributed by atoms with Crippen molar-refractivity contribution < 1.29 is 9.59 Å². The SMILES string of the molecule is CC1(c2cccc(NC(=O)c3ccc(NC(=O)c4ccccn4)cn3)c2)CCSC(N)=N1. The lowest BCUT2D eigenvalue weighted by Gasteiger charge is -2.30. The van der Waals surface area contributed by atoms with Crippen LogP contribution in [0.5, 0.6) is 0 Å². The molecule has 0 bridgehead atoms. The van der Waals surface area contributed by atoms with E-state index in [0.29, 0.717) is 22.2 Å². The third kappa shape index (κ3) is 4.94. The quantitative estimate of drug-likeness (QED) is 0.550. The molecule has 1 atom stereocenters. The minimum atomic E-state index is -0.415. The summed E-state index contributed by atoms with van der Waals surface area (Å²) in [6.45, 7) is 2.04. The first-order valence-corrected chi connectivity index (χ1v) is 11.0. The highest BCUT2D eigenvalue weighted by Crippen LogP contribution is 2.35. The summed E-state index contributed by atoms with van der Waals surface area (Å²) < 4.78 is 0. The molecule has 0 saturated heterocycles. The molecule has 1 aromatic carbocycles. The first-order chi connectivity index (χ1) is 15.4. The van der Waals surface area contributed by atoms with Crippen molar-refractivity contribution in [2.45, 2.75) is 18.9 Å². The lowest BCUT2D eigenvalue weighted by atomic mass is 9.89. The van der Waals surface area contributed by atoms with E-state index in [1.54, 1.807) is 48.3 Å². The number of benzene rings is 1. The average Bonchev–Trinajstić information content (AvgIpc) is 2.80. The van der Waals surface area contributed by atoms with E-state index in [4.69, 9.17) is 5.73 Å². The van der Waals surface area contributed by atoms with Gasteiger partial charge in [-0.15, -0.1) is 0 Å². The number of hydrogen-bond acceptors (Lipinski definition) is 7. The second-order valence-corrected chi connectivity index (χ2v) is 8.57. The maximum absolute atomic E-state index is 12.7. The Morgan fingerprint density at radius 1 is 0.969 bits per heavy atom. The van der Waals surface area contributed by atoms with Crippen LogP contribution < -0.4 is 16.4 Å². The van der Waals surface area contributed by atoms with Crippen molar-refractivity contribution in [2.75, 3.05) is 16.4 Å². The van der Waals surface area contributed by atoms with Crippen molar-refractivity contribution in [3.63, 3.8) is 0 Å². The molecule has 3 aromatic rings. The number of anilines is 2. The number of hydrogen-bond donors (Lipinski definition) is 3. The molecule has 0 aliphatic carbocycles. The Hall–Kier alpha value is -3.72. The number of thioether (sulfide) groups is 1. The zero-order valence-electron chi connectivity index (χ0n) is 17.4. The lowest BCUT2D eigenvalue weighted by Crippen LogP contribution is -2.28. The zero-order valence-corrected chi connectivity index (χ0v) is 18.2. The third-order valence-corrected chi connectivity index (χ3v) is 5.88. The second-order valence-electron chi connectivity index (χ2n) is 7.46. The van der Waals surface area contributed by atoms with E-state index in [-0.39, 0.29) is 17.5 Å². The van der Waals surface area contributed by atoms with Crippen LogP contribution in [0.1, 0.15) is 39.9 Å². The molecule has 9 heteroatoms. The van der Waals surface area contributed by atoms with Gasteiger partial charge in [0, 0.05) is 17.6 Å². The van der Waals surface area contributed by atoms with Gasteiger partial charge >= 0.3 is 0 Å². The minimum absolute atomic E-state index is 0.230. The molecule has 4 rings (SSSR count). The van der Waals surface area contributed by atoms with Gasteiger partial charge < -0.3 is 16.4 Å². The summed E-state index contributed by atoms with van der Waals surface area (Å²) >= 11 is 1.55. The number of amidine groups is 1. The van der Waals surface area contributed by atoms with E-state index in [1.165, 1.54) is 6.20 Å². The molecule has 1 aliphatic heterocycles. The van der Waals surface area contributed by atoms with Crippen LogP contribution in [0.2, 0.25) is 0 Å².